The van der Waals surface area contributed by atoms with E-state index in [9.17, 15) is 4.79 Å². The van der Waals surface area contributed by atoms with E-state index < -0.39 is 0 Å². The molecule has 0 spiro atoms. The van der Waals surface area contributed by atoms with Gasteiger partial charge in [0.2, 0.25) is 5.91 Å². The first-order chi connectivity index (χ1) is 13.0. The highest BCUT2D eigenvalue weighted by Crippen LogP contribution is 2.27. The maximum atomic E-state index is 12.1. The van der Waals surface area contributed by atoms with Crippen LogP contribution in [-0.4, -0.2) is 22.9 Å². The Bertz CT molecular complexity index is 1000. The molecule has 1 N–H and O–H groups in total. The van der Waals surface area contributed by atoms with Crippen molar-refractivity contribution in [1.29, 1.82) is 0 Å². The van der Waals surface area contributed by atoms with E-state index in [-0.39, 0.29) is 5.91 Å². The fourth-order valence-electron chi connectivity index (χ4n) is 2.70. The number of carbonyl (C=O) groups is 1. The summed E-state index contributed by atoms with van der Waals surface area (Å²) in [5.41, 5.74) is 6.65. The third-order valence-corrected chi connectivity index (χ3v) is 5.47. The van der Waals surface area contributed by atoms with Crippen LogP contribution in [0.25, 0.3) is 10.9 Å². The molecule has 0 aliphatic carbocycles. The van der Waals surface area contributed by atoms with Crippen LogP contribution in [0.3, 0.4) is 0 Å². The van der Waals surface area contributed by atoms with Gasteiger partial charge in [-0.1, -0.05) is 47.1 Å². The Morgan fingerprint density at radius 2 is 2.07 bits per heavy atom. The van der Waals surface area contributed by atoms with Gasteiger partial charge in [0.15, 0.2) is 0 Å². The van der Waals surface area contributed by atoms with Crippen LogP contribution < -0.4 is 5.43 Å². The zero-order valence-electron chi connectivity index (χ0n) is 15.2. The van der Waals surface area contributed by atoms with E-state index in [0.29, 0.717) is 5.75 Å². The molecule has 0 unspecified atom stereocenters. The van der Waals surface area contributed by atoms with Gasteiger partial charge in [-0.2, -0.15) is 5.10 Å². The molecule has 4 nitrogen and oxygen atoms in total. The molecule has 1 aromatic heterocycles. The molecule has 6 heteroatoms. The molecule has 2 aromatic carbocycles. The molecule has 0 atom stereocenters. The maximum Gasteiger partial charge on any atom is 0.250 e. The van der Waals surface area contributed by atoms with E-state index in [1.807, 2.05) is 43.3 Å². The fourth-order valence-corrected chi connectivity index (χ4v) is 4.19. The van der Waals surface area contributed by atoms with Crippen molar-refractivity contribution in [2.45, 2.75) is 25.2 Å². The first-order valence-corrected chi connectivity index (χ1v) is 10.4. The average molecular weight is 442 g/mol. The van der Waals surface area contributed by atoms with Crippen LogP contribution in [-0.2, 0) is 11.2 Å². The first-order valence-electron chi connectivity index (χ1n) is 8.65. The number of aromatic nitrogens is 1. The van der Waals surface area contributed by atoms with Gasteiger partial charge in [0.25, 0.3) is 0 Å². The number of hydrogen-bond donors (Lipinski definition) is 1. The normalized spacial score (nSPS) is 11.2. The van der Waals surface area contributed by atoms with Crippen molar-refractivity contribution >= 4 is 50.7 Å². The van der Waals surface area contributed by atoms with Crippen LogP contribution in [0, 0.1) is 6.92 Å². The van der Waals surface area contributed by atoms with Gasteiger partial charge < -0.3 is 0 Å². The molecule has 3 rings (SSSR count). The van der Waals surface area contributed by atoms with Crippen LogP contribution in [0.15, 0.2) is 63.0 Å². The number of pyridine rings is 1. The Morgan fingerprint density at radius 3 is 2.89 bits per heavy atom. The molecule has 0 aliphatic rings. The third kappa shape index (κ3) is 5.40. The molecule has 0 radical (unpaired) electrons. The van der Waals surface area contributed by atoms with Crippen molar-refractivity contribution in [3.05, 3.63) is 69.8 Å². The minimum atomic E-state index is -0.138. The summed E-state index contributed by atoms with van der Waals surface area (Å²) >= 11 is 4.99. The molecule has 27 heavy (non-hydrogen) atoms. The number of nitrogens with zero attached hydrogens (tertiary/aromatic N) is 2. The second kappa shape index (κ2) is 9.15. The number of fused-ring (bicyclic) bond motifs is 1. The molecule has 138 valence electrons. The predicted molar refractivity (Wildman–Crippen MR) is 116 cm³/mol. The fraction of sp³-hybridized carbons (Fsp3) is 0.190. The van der Waals surface area contributed by atoms with E-state index in [0.717, 1.165) is 37.9 Å². The molecule has 0 fully saturated rings. The minimum absolute atomic E-state index is 0.138. The Labute approximate surface area is 171 Å². The van der Waals surface area contributed by atoms with Gasteiger partial charge in [-0.3, -0.25) is 9.78 Å². The van der Waals surface area contributed by atoms with Gasteiger partial charge in [-0.05, 0) is 48.7 Å². The van der Waals surface area contributed by atoms with Gasteiger partial charge in [0, 0.05) is 20.4 Å². The summed E-state index contributed by atoms with van der Waals surface area (Å²) in [7, 11) is 0. The van der Waals surface area contributed by atoms with Crippen molar-refractivity contribution < 1.29 is 4.79 Å². The van der Waals surface area contributed by atoms with E-state index in [2.05, 4.69) is 50.5 Å². The van der Waals surface area contributed by atoms with Gasteiger partial charge in [0.05, 0.1) is 17.5 Å². The zero-order valence-corrected chi connectivity index (χ0v) is 17.6. The lowest BCUT2D eigenvalue weighted by Crippen LogP contribution is -2.19. The topological polar surface area (TPSA) is 54.4 Å². The van der Waals surface area contributed by atoms with Crippen LogP contribution >= 0.6 is 27.7 Å². The molecular formula is C21H20BrN3OS. The van der Waals surface area contributed by atoms with Crippen molar-refractivity contribution in [3.63, 3.8) is 0 Å². The third-order valence-electron chi connectivity index (χ3n) is 3.96. The number of benzene rings is 2. The van der Waals surface area contributed by atoms with E-state index in [1.165, 1.54) is 17.3 Å². The molecule has 3 aromatic rings. The number of halogens is 1. The predicted octanol–water partition coefficient (Wildman–Crippen LogP) is 5.11. The van der Waals surface area contributed by atoms with Crippen LogP contribution in [0.1, 0.15) is 23.7 Å². The molecule has 1 heterocycles. The largest absolute Gasteiger partial charge is 0.272 e. The number of thioether (sulfide) groups is 1. The monoisotopic (exact) mass is 441 g/mol. The number of amides is 1. The van der Waals surface area contributed by atoms with Gasteiger partial charge in [-0.25, -0.2) is 5.43 Å². The molecule has 0 saturated carbocycles. The SMILES string of the molecule is CCc1cc(Br)cc(/C=N/NC(=O)CSc2cc(C)nc3ccccc23)c1. The van der Waals surface area contributed by atoms with Crippen LogP contribution in [0.4, 0.5) is 0 Å². The van der Waals surface area contributed by atoms with E-state index >= 15 is 0 Å². The van der Waals surface area contributed by atoms with Gasteiger partial charge in [-0.15, -0.1) is 11.8 Å². The quantitative estimate of drug-likeness (QED) is 0.328. The lowest BCUT2D eigenvalue weighted by Gasteiger charge is -2.07. The second-order valence-corrected chi connectivity index (χ2v) is 8.04. The second-order valence-electron chi connectivity index (χ2n) is 6.11. The average Bonchev–Trinajstić information content (AvgIpc) is 2.65. The summed E-state index contributed by atoms with van der Waals surface area (Å²) in [6.45, 7) is 4.07. The Balaban J connectivity index is 1.61. The van der Waals surface area contributed by atoms with E-state index in [1.54, 1.807) is 6.21 Å². The summed E-state index contributed by atoms with van der Waals surface area (Å²) in [5.74, 6) is 0.157. The molecule has 0 bridgehead atoms. The first kappa shape index (κ1) is 19.6. The number of carbonyl (C=O) groups excluding carboxylic acids is 1. The smallest absolute Gasteiger partial charge is 0.250 e. The van der Waals surface area contributed by atoms with E-state index in [4.69, 9.17) is 0 Å². The summed E-state index contributed by atoms with van der Waals surface area (Å²) in [5, 5.41) is 5.14. The lowest BCUT2D eigenvalue weighted by atomic mass is 10.1. The highest BCUT2D eigenvalue weighted by molar-refractivity contribution is 9.10. The summed E-state index contributed by atoms with van der Waals surface area (Å²) in [6.07, 6.45) is 2.61. The Hall–Kier alpha value is -2.18. The highest BCUT2D eigenvalue weighted by atomic mass is 79.9. The Morgan fingerprint density at radius 1 is 1.26 bits per heavy atom. The molecule has 1 amide bonds. The standard InChI is InChI=1S/C21H20BrN3OS/c1-3-15-9-16(11-17(22)10-15)12-23-25-21(26)13-27-20-8-14(2)24-19-7-5-4-6-18(19)20/h4-12H,3,13H2,1-2H3,(H,25,26)/b23-12+. The molecule has 0 aliphatic heterocycles. The molecule has 0 saturated heterocycles. The number of hydrazone groups is 1. The Kier molecular flexibility index (Phi) is 6.63. The minimum Gasteiger partial charge on any atom is -0.272 e. The zero-order chi connectivity index (χ0) is 19.2. The number of aryl methyl sites for hydroxylation is 2. The van der Waals surface area contributed by atoms with Crippen molar-refractivity contribution in [3.8, 4) is 0 Å². The number of nitrogens with one attached hydrogen (secondary N) is 1. The summed E-state index contributed by atoms with van der Waals surface area (Å²) < 4.78 is 1.00. The number of para-hydroxylation sites is 1. The van der Waals surface area contributed by atoms with Crippen LogP contribution in [0.2, 0.25) is 0 Å². The summed E-state index contributed by atoms with van der Waals surface area (Å²) in [4.78, 5) is 17.7. The van der Waals surface area contributed by atoms with Crippen LogP contribution in [0.5, 0.6) is 0 Å². The number of rotatable bonds is 6. The van der Waals surface area contributed by atoms with Crippen molar-refractivity contribution in [2.75, 3.05) is 5.75 Å². The number of hydrogen-bond acceptors (Lipinski definition) is 4. The maximum absolute atomic E-state index is 12.1. The highest BCUT2D eigenvalue weighted by Gasteiger charge is 2.07. The molecular weight excluding hydrogens is 422 g/mol. The summed E-state index contributed by atoms with van der Waals surface area (Å²) in [6, 6.07) is 16.1. The van der Waals surface area contributed by atoms with Crippen molar-refractivity contribution in [1.82, 2.24) is 10.4 Å². The van der Waals surface area contributed by atoms with Gasteiger partial charge in [0.1, 0.15) is 0 Å². The van der Waals surface area contributed by atoms with Crippen molar-refractivity contribution in [2.24, 2.45) is 5.10 Å². The van der Waals surface area contributed by atoms with Gasteiger partial charge >= 0.3 is 0 Å². The lowest BCUT2D eigenvalue weighted by molar-refractivity contribution is -0.118.